The lowest BCUT2D eigenvalue weighted by Crippen LogP contribution is -2.41. The molecule has 0 aliphatic carbocycles. The molecule has 0 saturated carbocycles. The van der Waals surface area contributed by atoms with E-state index in [4.69, 9.17) is 5.73 Å². The fourth-order valence-corrected chi connectivity index (χ4v) is 1.90. The van der Waals surface area contributed by atoms with Crippen molar-refractivity contribution in [3.63, 3.8) is 0 Å². The van der Waals surface area contributed by atoms with E-state index in [1.54, 1.807) is 19.1 Å². The largest absolute Gasteiger partial charge is 0.346 e. The van der Waals surface area contributed by atoms with E-state index in [1.807, 2.05) is 13.8 Å². The fraction of sp³-hybridized carbons (Fsp3) is 0.500. The number of anilines is 1. The van der Waals surface area contributed by atoms with Gasteiger partial charge in [-0.25, -0.2) is 8.78 Å². The second kappa shape index (κ2) is 8.01. The third-order valence-corrected chi connectivity index (χ3v) is 3.16. The van der Waals surface area contributed by atoms with Crippen LogP contribution in [0.15, 0.2) is 18.2 Å². The number of aryl methyl sites for hydroxylation is 1. The molecule has 0 aromatic heterocycles. The highest BCUT2D eigenvalue weighted by molar-refractivity contribution is 5.96. The third kappa shape index (κ3) is 6.32. The topological polar surface area (TPSA) is 84.2 Å². The molecule has 0 radical (unpaired) electrons. The minimum Gasteiger partial charge on any atom is -0.346 e. The Morgan fingerprint density at radius 3 is 2.48 bits per heavy atom. The highest BCUT2D eigenvalue weighted by atomic mass is 19.3. The van der Waals surface area contributed by atoms with E-state index in [0.717, 1.165) is 0 Å². The zero-order valence-corrected chi connectivity index (χ0v) is 13.6. The van der Waals surface area contributed by atoms with Crippen molar-refractivity contribution in [3.8, 4) is 0 Å². The van der Waals surface area contributed by atoms with Gasteiger partial charge in [0.25, 0.3) is 11.8 Å². The molecule has 0 bridgehead atoms. The molecule has 1 rings (SSSR count). The zero-order valence-electron chi connectivity index (χ0n) is 13.6. The van der Waals surface area contributed by atoms with Gasteiger partial charge in [-0.15, -0.1) is 0 Å². The Hall–Kier alpha value is -2.02. The van der Waals surface area contributed by atoms with E-state index in [0.29, 0.717) is 17.7 Å². The van der Waals surface area contributed by atoms with E-state index in [1.165, 1.54) is 6.07 Å². The molecule has 5 nitrogen and oxygen atoms in total. The van der Waals surface area contributed by atoms with Crippen molar-refractivity contribution in [1.82, 2.24) is 5.32 Å². The Morgan fingerprint density at radius 1 is 1.30 bits per heavy atom. The Kier molecular flexibility index (Phi) is 6.62. The number of nitrogens with one attached hydrogen (secondary N) is 2. The number of rotatable bonds is 7. The SMILES string of the molecule is Cc1cc(C(=O)NCC(F)(F)CN)ccc1NC(=O)CC(C)C. The van der Waals surface area contributed by atoms with Gasteiger partial charge in [0.15, 0.2) is 0 Å². The smallest absolute Gasteiger partial charge is 0.277 e. The van der Waals surface area contributed by atoms with Gasteiger partial charge in [0.1, 0.15) is 0 Å². The Bertz CT molecular complexity index is 574. The molecular formula is C16H23F2N3O2. The maximum atomic E-state index is 13.0. The molecule has 1 aromatic carbocycles. The Labute approximate surface area is 134 Å². The van der Waals surface area contributed by atoms with Gasteiger partial charge in [0, 0.05) is 17.7 Å². The first-order valence-corrected chi connectivity index (χ1v) is 7.41. The molecule has 0 aliphatic heterocycles. The van der Waals surface area contributed by atoms with Crippen molar-refractivity contribution in [2.24, 2.45) is 11.7 Å². The second-order valence-corrected chi connectivity index (χ2v) is 5.92. The average molecular weight is 327 g/mol. The molecule has 4 N–H and O–H groups in total. The van der Waals surface area contributed by atoms with Crippen LogP contribution in [0, 0.1) is 12.8 Å². The molecule has 0 atom stereocenters. The van der Waals surface area contributed by atoms with Crippen molar-refractivity contribution in [2.75, 3.05) is 18.4 Å². The van der Waals surface area contributed by atoms with Crippen LogP contribution in [0.25, 0.3) is 0 Å². The molecule has 1 aromatic rings. The molecule has 0 saturated heterocycles. The number of carbonyl (C=O) groups is 2. The summed E-state index contributed by atoms with van der Waals surface area (Å²) in [5, 5.41) is 4.91. The van der Waals surface area contributed by atoms with Crippen LogP contribution in [-0.2, 0) is 4.79 Å². The monoisotopic (exact) mass is 327 g/mol. The van der Waals surface area contributed by atoms with Crippen LogP contribution in [0.1, 0.15) is 36.2 Å². The van der Waals surface area contributed by atoms with Crippen LogP contribution in [0.4, 0.5) is 14.5 Å². The maximum Gasteiger partial charge on any atom is 0.277 e. The molecule has 2 amide bonds. The molecular weight excluding hydrogens is 304 g/mol. The van der Waals surface area contributed by atoms with Crippen molar-refractivity contribution >= 4 is 17.5 Å². The van der Waals surface area contributed by atoms with Crippen LogP contribution < -0.4 is 16.4 Å². The van der Waals surface area contributed by atoms with Crippen molar-refractivity contribution in [1.29, 1.82) is 0 Å². The van der Waals surface area contributed by atoms with E-state index in [-0.39, 0.29) is 17.4 Å². The van der Waals surface area contributed by atoms with Gasteiger partial charge in [-0.05, 0) is 36.6 Å². The van der Waals surface area contributed by atoms with Gasteiger partial charge in [0.05, 0.1) is 13.1 Å². The summed E-state index contributed by atoms with van der Waals surface area (Å²) in [7, 11) is 0. The molecule has 0 spiro atoms. The van der Waals surface area contributed by atoms with E-state index in [2.05, 4.69) is 10.6 Å². The lowest BCUT2D eigenvalue weighted by molar-refractivity contribution is -0.116. The van der Waals surface area contributed by atoms with Gasteiger partial charge < -0.3 is 16.4 Å². The fourth-order valence-electron chi connectivity index (χ4n) is 1.90. The average Bonchev–Trinajstić information content (AvgIpc) is 2.46. The van der Waals surface area contributed by atoms with Crippen LogP contribution in [0.2, 0.25) is 0 Å². The number of benzene rings is 1. The predicted octanol–water partition coefficient (Wildman–Crippen LogP) is 2.30. The molecule has 23 heavy (non-hydrogen) atoms. The van der Waals surface area contributed by atoms with Crippen LogP contribution in [0.3, 0.4) is 0 Å². The number of amides is 2. The minimum atomic E-state index is -3.13. The first kappa shape index (κ1) is 19.0. The number of nitrogens with two attached hydrogens (primary N) is 1. The summed E-state index contributed by atoms with van der Waals surface area (Å²) in [6.45, 7) is 3.98. The minimum absolute atomic E-state index is 0.108. The Balaban J connectivity index is 2.72. The normalized spacial score (nSPS) is 11.4. The third-order valence-electron chi connectivity index (χ3n) is 3.16. The molecule has 7 heteroatoms. The summed E-state index contributed by atoms with van der Waals surface area (Å²) in [4.78, 5) is 23.6. The maximum absolute atomic E-state index is 13.0. The lowest BCUT2D eigenvalue weighted by atomic mass is 10.1. The van der Waals surface area contributed by atoms with Crippen LogP contribution in [0.5, 0.6) is 0 Å². The number of hydrogen-bond acceptors (Lipinski definition) is 3. The standard InChI is InChI=1S/C16H23F2N3O2/c1-10(2)6-14(22)21-13-5-4-12(7-11(13)3)15(23)20-9-16(17,18)8-19/h4-5,7,10H,6,8-9,19H2,1-3H3,(H,20,23)(H,21,22). The van der Waals surface area contributed by atoms with Crippen molar-refractivity contribution in [2.45, 2.75) is 33.1 Å². The first-order valence-electron chi connectivity index (χ1n) is 7.41. The first-order chi connectivity index (χ1) is 10.6. The molecule has 0 heterocycles. The van der Waals surface area contributed by atoms with E-state index in [9.17, 15) is 18.4 Å². The van der Waals surface area contributed by atoms with Crippen molar-refractivity contribution in [3.05, 3.63) is 29.3 Å². The molecule has 128 valence electrons. The van der Waals surface area contributed by atoms with E-state index < -0.39 is 24.9 Å². The summed E-state index contributed by atoms with van der Waals surface area (Å²) < 4.78 is 26.1. The Morgan fingerprint density at radius 2 is 1.96 bits per heavy atom. The van der Waals surface area contributed by atoms with Gasteiger partial charge in [-0.1, -0.05) is 13.8 Å². The summed E-state index contributed by atoms with van der Waals surface area (Å²) in [6, 6.07) is 4.61. The molecule has 0 unspecified atom stereocenters. The molecule has 0 fully saturated rings. The summed E-state index contributed by atoms with van der Waals surface area (Å²) in [6.07, 6.45) is 0.399. The zero-order chi connectivity index (χ0) is 17.6. The van der Waals surface area contributed by atoms with Crippen molar-refractivity contribution < 1.29 is 18.4 Å². The molecule has 0 aliphatic rings. The number of hydrogen-bond donors (Lipinski definition) is 3. The summed E-state index contributed by atoms with van der Waals surface area (Å²) in [5.74, 6) is -3.61. The highest BCUT2D eigenvalue weighted by Crippen LogP contribution is 2.18. The van der Waals surface area contributed by atoms with Gasteiger partial charge in [-0.3, -0.25) is 9.59 Å². The van der Waals surface area contributed by atoms with Crippen LogP contribution >= 0.6 is 0 Å². The summed E-state index contributed by atoms with van der Waals surface area (Å²) in [5.41, 5.74) is 6.44. The number of carbonyl (C=O) groups excluding carboxylic acids is 2. The number of alkyl halides is 2. The predicted molar refractivity (Wildman–Crippen MR) is 85.6 cm³/mol. The number of halogens is 2. The highest BCUT2D eigenvalue weighted by Gasteiger charge is 2.27. The lowest BCUT2D eigenvalue weighted by Gasteiger charge is -2.15. The van der Waals surface area contributed by atoms with Gasteiger partial charge in [0.2, 0.25) is 5.91 Å². The quantitative estimate of drug-likeness (QED) is 0.718. The van der Waals surface area contributed by atoms with Crippen LogP contribution in [-0.4, -0.2) is 30.8 Å². The summed E-state index contributed by atoms with van der Waals surface area (Å²) >= 11 is 0. The van der Waals surface area contributed by atoms with Gasteiger partial charge in [-0.2, -0.15) is 0 Å². The second-order valence-electron chi connectivity index (χ2n) is 5.92. The van der Waals surface area contributed by atoms with E-state index >= 15 is 0 Å². The van der Waals surface area contributed by atoms with Gasteiger partial charge >= 0.3 is 0 Å².